The molecule has 32 heavy (non-hydrogen) atoms. The van der Waals surface area contributed by atoms with Gasteiger partial charge in [0.2, 0.25) is 5.88 Å². The van der Waals surface area contributed by atoms with Gasteiger partial charge in [-0.1, -0.05) is 12.1 Å². The molecule has 0 spiro atoms. The molecule has 0 radical (unpaired) electrons. The molecule has 0 bridgehead atoms. The maximum atomic E-state index is 13.5. The Morgan fingerprint density at radius 1 is 1.19 bits per heavy atom. The van der Waals surface area contributed by atoms with Gasteiger partial charge in [-0.2, -0.15) is 0 Å². The second-order valence-electron chi connectivity index (χ2n) is 7.23. The highest BCUT2D eigenvalue weighted by Crippen LogP contribution is 2.21. The molecular weight excluding hydrogens is 524 g/mol. The SMILES string of the molecule is CCNC(=NCc1ccnc(OCC)c1)NCC(c1ccc(F)cc1)N1CCOCC1.I. The van der Waals surface area contributed by atoms with Crippen LogP contribution < -0.4 is 15.4 Å². The van der Waals surface area contributed by atoms with E-state index < -0.39 is 0 Å². The highest BCUT2D eigenvalue weighted by Gasteiger charge is 2.23. The summed E-state index contributed by atoms with van der Waals surface area (Å²) >= 11 is 0. The third-order valence-electron chi connectivity index (χ3n) is 5.06. The summed E-state index contributed by atoms with van der Waals surface area (Å²) in [5, 5.41) is 6.76. The number of guanidine groups is 1. The third-order valence-corrected chi connectivity index (χ3v) is 5.06. The molecule has 1 fully saturated rings. The van der Waals surface area contributed by atoms with E-state index in [0.29, 0.717) is 38.8 Å². The molecule has 1 saturated heterocycles. The molecular formula is C23H33FIN5O2. The lowest BCUT2D eigenvalue weighted by Crippen LogP contribution is -2.46. The number of benzene rings is 1. The molecule has 2 aromatic rings. The van der Waals surface area contributed by atoms with E-state index >= 15 is 0 Å². The standard InChI is InChI=1S/C23H32FN5O2.HI/c1-3-25-23(27-16-18-9-10-26-22(15-18)31-4-2)28-17-21(29-11-13-30-14-12-29)19-5-7-20(24)8-6-19;/h5-10,15,21H,3-4,11-14,16-17H2,1-2H3,(H2,25,27,28);1H. The number of rotatable bonds is 9. The zero-order valence-electron chi connectivity index (χ0n) is 18.7. The van der Waals surface area contributed by atoms with Gasteiger partial charge < -0.3 is 20.1 Å². The van der Waals surface area contributed by atoms with Gasteiger partial charge in [-0.05, 0) is 43.2 Å². The highest BCUT2D eigenvalue weighted by atomic mass is 127. The zero-order valence-corrected chi connectivity index (χ0v) is 21.1. The number of ether oxygens (including phenoxy) is 2. The van der Waals surface area contributed by atoms with Crippen LogP contribution in [0.3, 0.4) is 0 Å². The number of pyridine rings is 1. The average molecular weight is 557 g/mol. The quantitative estimate of drug-likeness (QED) is 0.280. The minimum Gasteiger partial charge on any atom is -0.478 e. The average Bonchev–Trinajstić information content (AvgIpc) is 2.80. The van der Waals surface area contributed by atoms with E-state index in [4.69, 9.17) is 14.5 Å². The van der Waals surface area contributed by atoms with E-state index in [1.807, 2.05) is 38.1 Å². The van der Waals surface area contributed by atoms with Crippen LogP contribution >= 0.6 is 24.0 Å². The maximum absolute atomic E-state index is 13.5. The first-order valence-electron chi connectivity index (χ1n) is 10.9. The van der Waals surface area contributed by atoms with Crippen molar-refractivity contribution in [3.63, 3.8) is 0 Å². The number of nitrogens with zero attached hydrogens (tertiary/aromatic N) is 3. The van der Waals surface area contributed by atoms with Gasteiger partial charge in [0.15, 0.2) is 5.96 Å². The first-order chi connectivity index (χ1) is 15.2. The molecule has 1 aromatic heterocycles. The number of nitrogens with one attached hydrogen (secondary N) is 2. The van der Waals surface area contributed by atoms with Crippen LogP contribution in [-0.2, 0) is 11.3 Å². The van der Waals surface area contributed by atoms with Crippen LogP contribution in [0.25, 0.3) is 0 Å². The zero-order chi connectivity index (χ0) is 21.9. The fourth-order valence-electron chi connectivity index (χ4n) is 3.51. The lowest BCUT2D eigenvalue weighted by Gasteiger charge is -2.35. The van der Waals surface area contributed by atoms with E-state index in [1.165, 1.54) is 12.1 Å². The fraction of sp³-hybridized carbons (Fsp3) is 0.478. The van der Waals surface area contributed by atoms with Crippen LogP contribution in [-0.4, -0.2) is 61.8 Å². The van der Waals surface area contributed by atoms with Gasteiger partial charge in [0.05, 0.1) is 32.4 Å². The fourth-order valence-corrected chi connectivity index (χ4v) is 3.51. The first kappa shape index (κ1) is 26.3. The van der Waals surface area contributed by atoms with Crippen molar-refractivity contribution < 1.29 is 13.9 Å². The molecule has 0 saturated carbocycles. The van der Waals surface area contributed by atoms with Gasteiger partial charge in [0.1, 0.15) is 5.82 Å². The number of aliphatic imine (C=N–C) groups is 1. The molecule has 1 atom stereocenters. The van der Waals surface area contributed by atoms with Crippen LogP contribution in [0.4, 0.5) is 4.39 Å². The van der Waals surface area contributed by atoms with Crippen LogP contribution in [0.15, 0.2) is 47.6 Å². The molecule has 176 valence electrons. The molecule has 2 N–H and O–H groups in total. The predicted octanol–water partition coefficient (Wildman–Crippen LogP) is 3.37. The predicted molar refractivity (Wildman–Crippen MR) is 135 cm³/mol. The minimum atomic E-state index is -0.226. The summed E-state index contributed by atoms with van der Waals surface area (Å²) in [6.45, 7) is 9.56. The molecule has 7 nitrogen and oxygen atoms in total. The molecule has 9 heteroatoms. The van der Waals surface area contributed by atoms with Crippen molar-refractivity contribution in [2.45, 2.75) is 26.4 Å². The van der Waals surface area contributed by atoms with Crippen LogP contribution in [0.1, 0.15) is 31.0 Å². The van der Waals surface area contributed by atoms with Gasteiger partial charge >= 0.3 is 0 Å². The van der Waals surface area contributed by atoms with Crippen molar-refractivity contribution in [3.05, 3.63) is 59.5 Å². The Morgan fingerprint density at radius 2 is 1.94 bits per heavy atom. The van der Waals surface area contributed by atoms with Crippen molar-refractivity contribution >= 4 is 29.9 Å². The van der Waals surface area contributed by atoms with Gasteiger partial charge in [-0.15, -0.1) is 24.0 Å². The Bertz CT molecular complexity index is 831. The number of hydrogen-bond acceptors (Lipinski definition) is 5. The van der Waals surface area contributed by atoms with Crippen LogP contribution in [0.2, 0.25) is 0 Å². The summed E-state index contributed by atoms with van der Waals surface area (Å²) in [5.74, 6) is 1.12. The van der Waals surface area contributed by atoms with E-state index in [9.17, 15) is 4.39 Å². The summed E-state index contributed by atoms with van der Waals surface area (Å²) < 4.78 is 24.4. The molecule has 0 amide bonds. The molecule has 0 aliphatic carbocycles. The Morgan fingerprint density at radius 3 is 2.62 bits per heavy atom. The van der Waals surface area contributed by atoms with E-state index in [-0.39, 0.29) is 35.8 Å². The Kier molecular flexibility index (Phi) is 11.7. The summed E-state index contributed by atoms with van der Waals surface area (Å²) in [6, 6.07) is 10.7. The van der Waals surface area contributed by atoms with Crippen molar-refractivity contribution in [2.75, 3.05) is 46.0 Å². The lowest BCUT2D eigenvalue weighted by atomic mass is 10.0. The molecule has 3 rings (SSSR count). The topological polar surface area (TPSA) is 71.0 Å². The molecule has 2 heterocycles. The van der Waals surface area contributed by atoms with Gasteiger partial charge in [0.25, 0.3) is 0 Å². The lowest BCUT2D eigenvalue weighted by molar-refractivity contribution is 0.0170. The molecule has 1 aliphatic heterocycles. The normalized spacial score (nSPS) is 15.5. The molecule has 1 aliphatic rings. The number of halogens is 2. The molecule has 1 aromatic carbocycles. The highest BCUT2D eigenvalue weighted by molar-refractivity contribution is 14.0. The van der Waals surface area contributed by atoms with Crippen LogP contribution in [0, 0.1) is 5.82 Å². The second kappa shape index (κ2) is 14.2. The number of hydrogen-bond donors (Lipinski definition) is 2. The Balaban J connectivity index is 0.00000363. The summed E-state index contributed by atoms with van der Waals surface area (Å²) in [5.41, 5.74) is 2.10. The number of aromatic nitrogens is 1. The number of morpholine rings is 1. The Hall–Kier alpha value is -1.98. The summed E-state index contributed by atoms with van der Waals surface area (Å²) in [6.07, 6.45) is 1.74. The Labute approximate surface area is 206 Å². The minimum absolute atomic E-state index is 0. The van der Waals surface area contributed by atoms with E-state index in [1.54, 1.807) is 6.20 Å². The molecule has 1 unspecified atom stereocenters. The first-order valence-corrected chi connectivity index (χ1v) is 10.9. The third kappa shape index (κ3) is 8.18. The van der Waals surface area contributed by atoms with E-state index in [0.717, 1.165) is 36.7 Å². The smallest absolute Gasteiger partial charge is 0.213 e. The van der Waals surface area contributed by atoms with Gasteiger partial charge in [0, 0.05) is 38.4 Å². The van der Waals surface area contributed by atoms with E-state index in [2.05, 4.69) is 20.5 Å². The van der Waals surface area contributed by atoms with Crippen LogP contribution in [0.5, 0.6) is 5.88 Å². The second-order valence-corrected chi connectivity index (χ2v) is 7.23. The summed E-state index contributed by atoms with van der Waals surface area (Å²) in [4.78, 5) is 11.3. The van der Waals surface area contributed by atoms with Gasteiger partial charge in [-0.3, -0.25) is 4.90 Å². The monoisotopic (exact) mass is 557 g/mol. The van der Waals surface area contributed by atoms with Crippen molar-refractivity contribution in [2.24, 2.45) is 4.99 Å². The maximum Gasteiger partial charge on any atom is 0.213 e. The van der Waals surface area contributed by atoms with Crippen molar-refractivity contribution in [3.8, 4) is 5.88 Å². The van der Waals surface area contributed by atoms with Crippen molar-refractivity contribution in [1.82, 2.24) is 20.5 Å². The largest absolute Gasteiger partial charge is 0.478 e. The van der Waals surface area contributed by atoms with Gasteiger partial charge in [-0.25, -0.2) is 14.4 Å². The summed E-state index contributed by atoms with van der Waals surface area (Å²) in [7, 11) is 0. The van der Waals surface area contributed by atoms with Crippen molar-refractivity contribution in [1.29, 1.82) is 0 Å².